The van der Waals surface area contributed by atoms with Gasteiger partial charge in [-0.1, -0.05) is 38.7 Å². The number of carbonyl (C=O) groups is 1. The van der Waals surface area contributed by atoms with E-state index in [1.807, 2.05) is 0 Å². The van der Waals surface area contributed by atoms with Gasteiger partial charge >= 0.3 is 6.16 Å². The molecule has 0 aromatic heterocycles. The SMILES string of the molecule is C=CS(CCCC)(CCCC)CCCOC(=O)OC. The van der Waals surface area contributed by atoms with Gasteiger partial charge in [0.15, 0.2) is 0 Å². The van der Waals surface area contributed by atoms with Crippen LogP contribution < -0.4 is 0 Å². The lowest BCUT2D eigenvalue weighted by molar-refractivity contribution is 0.0730. The molecule has 0 aliphatic heterocycles. The molecule has 0 saturated carbocycles. The van der Waals surface area contributed by atoms with Crippen LogP contribution in [-0.4, -0.2) is 37.1 Å². The van der Waals surface area contributed by atoms with Crippen LogP contribution in [0.2, 0.25) is 0 Å². The Morgan fingerprint density at radius 1 is 1.11 bits per heavy atom. The van der Waals surface area contributed by atoms with Gasteiger partial charge < -0.3 is 9.47 Å². The van der Waals surface area contributed by atoms with Crippen LogP contribution in [-0.2, 0) is 9.47 Å². The van der Waals surface area contributed by atoms with Gasteiger partial charge in [-0.05, 0) is 36.5 Å². The van der Waals surface area contributed by atoms with E-state index in [9.17, 15) is 4.79 Å². The molecular weight excluding hydrogens is 260 g/mol. The Balaban J connectivity index is 4.22. The Kier molecular flexibility index (Phi) is 10.8. The van der Waals surface area contributed by atoms with Crippen LogP contribution in [0.1, 0.15) is 46.0 Å². The van der Waals surface area contributed by atoms with Crippen LogP contribution >= 0.6 is 10.0 Å². The molecule has 0 amide bonds. The summed E-state index contributed by atoms with van der Waals surface area (Å²) in [4.78, 5) is 10.9. The Bertz CT molecular complexity index is 246. The molecule has 4 heteroatoms. The molecule has 114 valence electrons. The number of hydrogen-bond donors (Lipinski definition) is 0. The lowest BCUT2D eigenvalue weighted by Gasteiger charge is -2.37. The van der Waals surface area contributed by atoms with Gasteiger partial charge in [0, 0.05) is 0 Å². The third-order valence-electron chi connectivity index (χ3n) is 3.24. The fourth-order valence-electron chi connectivity index (χ4n) is 1.98. The summed E-state index contributed by atoms with van der Waals surface area (Å²) in [7, 11) is 0.606. The van der Waals surface area contributed by atoms with Gasteiger partial charge in [-0.3, -0.25) is 0 Å². The Morgan fingerprint density at radius 3 is 2.05 bits per heavy atom. The summed E-state index contributed by atoms with van der Waals surface area (Å²) in [5.74, 6) is 3.66. The van der Waals surface area contributed by atoms with Gasteiger partial charge in [0.2, 0.25) is 0 Å². The van der Waals surface area contributed by atoms with Crippen molar-refractivity contribution >= 4 is 16.2 Å². The van der Waals surface area contributed by atoms with Crippen molar-refractivity contribution in [3.05, 3.63) is 12.0 Å². The molecule has 0 spiro atoms. The zero-order valence-electron chi connectivity index (χ0n) is 12.8. The number of carbonyl (C=O) groups excluding carboxylic acids is 1. The van der Waals surface area contributed by atoms with E-state index in [1.165, 1.54) is 44.3 Å². The highest BCUT2D eigenvalue weighted by Crippen LogP contribution is 2.51. The molecule has 0 atom stereocenters. The number of hydrogen-bond acceptors (Lipinski definition) is 3. The fraction of sp³-hybridized carbons (Fsp3) is 0.800. The van der Waals surface area contributed by atoms with Gasteiger partial charge in [0.1, 0.15) is 0 Å². The van der Waals surface area contributed by atoms with E-state index in [0.29, 0.717) is 6.61 Å². The molecule has 0 unspecified atom stereocenters. The van der Waals surface area contributed by atoms with Crippen LogP contribution in [0.25, 0.3) is 0 Å². The molecule has 0 fully saturated rings. The summed E-state index contributed by atoms with van der Waals surface area (Å²) in [5.41, 5.74) is 0. The van der Waals surface area contributed by atoms with Crippen LogP contribution in [0.5, 0.6) is 0 Å². The molecule has 0 aromatic rings. The van der Waals surface area contributed by atoms with E-state index in [2.05, 4.69) is 30.6 Å². The van der Waals surface area contributed by atoms with Crippen molar-refractivity contribution in [1.29, 1.82) is 0 Å². The number of rotatable bonds is 11. The van der Waals surface area contributed by atoms with E-state index in [4.69, 9.17) is 4.74 Å². The minimum absolute atomic E-state index is 0.452. The van der Waals surface area contributed by atoms with Gasteiger partial charge in [0.25, 0.3) is 0 Å². The first-order valence-corrected chi connectivity index (χ1v) is 9.44. The van der Waals surface area contributed by atoms with Gasteiger partial charge in [-0.25, -0.2) is 14.8 Å². The summed E-state index contributed by atoms with van der Waals surface area (Å²) < 4.78 is 9.42. The monoisotopic (exact) mass is 290 g/mol. The fourth-order valence-corrected chi connectivity index (χ4v) is 5.51. The maximum absolute atomic E-state index is 10.9. The van der Waals surface area contributed by atoms with E-state index in [-0.39, 0.29) is 0 Å². The molecule has 19 heavy (non-hydrogen) atoms. The smallest absolute Gasteiger partial charge is 0.438 e. The number of unbranched alkanes of at least 4 members (excludes halogenated alkanes) is 2. The summed E-state index contributed by atoms with van der Waals surface area (Å²) in [6.07, 6.45) is 5.32. The molecule has 0 saturated heterocycles. The van der Waals surface area contributed by atoms with Crippen LogP contribution in [0.4, 0.5) is 4.79 Å². The zero-order chi connectivity index (χ0) is 14.6. The Labute approximate surface area is 120 Å². The molecule has 0 radical (unpaired) electrons. The van der Waals surface area contributed by atoms with Crippen molar-refractivity contribution in [2.75, 3.05) is 31.0 Å². The van der Waals surface area contributed by atoms with Crippen molar-refractivity contribution < 1.29 is 14.3 Å². The van der Waals surface area contributed by atoms with E-state index >= 15 is 0 Å². The first-order chi connectivity index (χ1) is 9.14. The van der Waals surface area contributed by atoms with Crippen LogP contribution in [0.3, 0.4) is 0 Å². The lowest BCUT2D eigenvalue weighted by Crippen LogP contribution is -2.14. The zero-order valence-corrected chi connectivity index (χ0v) is 13.6. The summed E-state index contributed by atoms with van der Waals surface area (Å²) >= 11 is 0. The second-order valence-corrected chi connectivity index (χ2v) is 8.54. The van der Waals surface area contributed by atoms with Crippen LogP contribution in [0, 0.1) is 0 Å². The molecule has 0 heterocycles. The minimum atomic E-state index is -0.732. The maximum atomic E-state index is 10.9. The predicted octanol–water partition coefficient (Wildman–Crippen LogP) is 4.71. The third-order valence-corrected chi connectivity index (χ3v) is 7.26. The topological polar surface area (TPSA) is 35.5 Å². The van der Waals surface area contributed by atoms with Crippen molar-refractivity contribution in [3.8, 4) is 0 Å². The largest absolute Gasteiger partial charge is 0.507 e. The molecule has 3 nitrogen and oxygen atoms in total. The minimum Gasteiger partial charge on any atom is -0.438 e. The first kappa shape index (κ1) is 18.4. The maximum Gasteiger partial charge on any atom is 0.507 e. The molecular formula is C15H30O3S. The van der Waals surface area contributed by atoms with Crippen molar-refractivity contribution in [2.45, 2.75) is 46.0 Å². The Morgan fingerprint density at radius 2 is 1.63 bits per heavy atom. The molecule has 0 aliphatic carbocycles. The van der Waals surface area contributed by atoms with Crippen molar-refractivity contribution in [1.82, 2.24) is 0 Å². The van der Waals surface area contributed by atoms with Crippen molar-refractivity contribution in [3.63, 3.8) is 0 Å². The summed E-state index contributed by atoms with van der Waals surface area (Å²) in [5, 5.41) is 2.20. The molecule has 0 N–H and O–H groups in total. The average molecular weight is 290 g/mol. The molecule has 0 aromatic carbocycles. The summed E-state index contributed by atoms with van der Waals surface area (Å²) in [6, 6.07) is 0. The highest BCUT2D eigenvalue weighted by atomic mass is 32.3. The van der Waals surface area contributed by atoms with E-state index in [0.717, 1.165) is 12.2 Å². The third kappa shape index (κ3) is 8.19. The van der Waals surface area contributed by atoms with E-state index in [1.54, 1.807) is 0 Å². The normalized spacial score (nSPS) is 11.9. The van der Waals surface area contributed by atoms with Gasteiger partial charge in [-0.2, -0.15) is 0 Å². The molecule has 0 rings (SSSR count). The second kappa shape index (κ2) is 11.2. The van der Waals surface area contributed by atoms with E-state index < -0.39 is 16.2 Å². The van der Waals surface area contributed by atoms with Gasteiger partial charge in [-0.15, -0.1) is 0 Å². The second-order valence-electron chi connectivity index (χ2n) is 4.75. The predicted molar refractivity (Wildman–Crippen MR) is 85.2 cm³/mol. The Hall–Kier alpha value is -0.640. The molecule has 0 aliphatic rings. The summed E-state index contributed by atoms with van der Waals surface area (Å²) in [6.45, 7) is 8.98. The highest BCUT2D eigenvalue weighted by molar-refractivity contribution is 8.36. The van der Waals surface area contributed by atoms with Gasteiger partial charge in [0.05, 0.1) is 13.7 Å². The number of ether oxygens (including phenoxy) is 2. The average Bonchev–Trinajstić information content (AvgIpc) is 2.45. The first-order valence-electron chi connectivity index (χ1n) is 7.23. The quantitative estimate of drug-likeness (QED) is 0.408. The van der Waals surface area contributed by atoms with Crippen LogP contribution in [0.15, 0.2) is 12.0 Å². The standard InChI is InChI=1S/C15H30O3S/c1-5-8-12-19(7-3,13-9-6-2)14-10-11-18-15(16)17-4/h7H,3,5-6,8-14H2,1-2,4H3. The molecule has 0 bridgehead atoms. The highest BCUT2D eigenvalue weighted by Gasteiger charge is 2.19. The van der Waals surface area contributed by atoms with Crippen molar-refractivity contribution in [2.24, 2.45) is 0 Å². The number of methoxy groups -OCH3 is 1. The lowest BCUT2D eigenvalue weighted by atomic mass is 10.4.